The molecule has 0 saturated carbocycles. The Morgan fingerprint density at radius 3 is 1.00 bits per heavy atom. The lowest BCUT2D eigenvalue weighted by atomic mass is 10.1. The van der Waals surface area contributed by atoms with Crippen molar-refractivity contribution >= 4 is 17.4 Å². The minimum atomic E-state index is -7.43. The topological polar surface area (TPSA) is 57.2 Å². The summed E-state index contributed by atoms with van der Waals surface area (Å²) in [5.41, 5.74) is 0. The van der Waals surface area contributed by atoms with Crippen LogP contribution in [-0.4, -0.2) is 60.9 Å². The van der Waals surface area contributed by atoms with Gasteiger partial charge < -0.3 is 4.55 Å². The van der Waals surface area contributed by atoms with E-state index in [4.69, 9.17) is 0 Å². The zero-order chi connectivity index (χ0) is 34.6. The predicted molar refractivity (Wildman–Crippen MR) is 163 cm³/mol. The lowest BCUT2D eigenvalue weighted by Gasteiger charge is -2.34. The SMILES string of the molecule is CCCCCCCCCCCCCC[P+](CCCC)(CCCC)CCCC.O=S(=O)([O-])C(F)(F)C(F)(F)C(F)(F)C(F)(F)F. The Hall–Kier alpha value is -0.290. The third-order valence-electron chi connectivity index (χ3n) is 7.87. The minimum Gasteiger partial charge on any atom is -0.743 e. The minimum absolute atomic E-state index is 0.626. The van der Waals surface area contributed by atoms with Crippen LogP contribution in [0.25, 0.3) is 0 Å². The zero-order valence-corrected chi connectivity index (χ0v) is 28.7. The van der Waals surface area contributed by atoms with Crippen LogP contribution in [0.1, 0.15) is 143 Å². The van der Waals surface area contributed by atoms with Gasteiger partial charge in [-0.3, -0.25) is 0 Å². The quantitative estimate of drug-likeness (QED) is 0.0413. The molecule has 268 valence electrons. The highest BCUT2D eigenvalue weighted by molar-refractivity contribution is 7.86. The van der Waals surface area contributed by atoms with Gasteiger partial charge in [0.25, 0.3) is 0 Å². The van der Waals surface area contributed by atoms with Crippen LogP contribution in [0.2, 0.25) is 0 Å². The summed E-state index contributed by atoms with van der Waals surface area (Å²) in [5.74, 6) is -14.8. The first-order valence-corrected chi connectivity index (χ1v) is 20.2. The smallest absolute Gasteiger partial charge is 0.460 e. The fourth-order valence-corrected chi connectivity index (χ4v) is 10.6. The molecule has 0 unspecified atom stereocenters. The summed E-state index contributed by atoms with van der Waals surface area (Å²) in [6, 6.07) is 0. The van der Waals surface area contributed by atoms with Crippen molar-refractivity contribution < 1.29 is 52.5 Å². The second-order valence-electron chi connectivity index (χ2n) is 11.8. The number of alkyl halides is 9. The van der Waals surface area contributed by atoms with Crippen LogP contribution in [0.15, 0.2) is 0 Å². The van der Waals surface area contributed by atoms with Crippen molar-refractivity contribution in [1.82, 2.24) is 0 Å². The van der Waals surface area contributed by atoms with Crippen molar-refractivity contribution in [2.45, 2.75) is 167 Å². The standard InChI is InChI=1S/C26H56P.C4HF9O3S/c1-5-9-13-14-15-16-17-18-19-20-21-22-26-27(23-10-6-2,24-11-7-3)25-12-8-4;5-1(6,3(9,10)11)2(7,8)4(12,13)17(14,15)16/h5-26H2,1-4H3;(H,14,15,16)/q+1;/p-1. The van der Waals surface area contributed by atoms with E-state index in [0.717, 1.165) is 0 Å². The van der Waals surface area contributed by atoms with Crippen LogP contribution in [0.5, 0.6) is 0 Å². The van der Waals surface area contributed by atoms with Gasteiger partial charge in [0.15, 0.2) is 10.1 Å². The van der Waals surface area contributed by atoms with Crippen molar-refractivity contribution in [2.75, 3.05) is 24.6 Å². The maximum Gasteiger partial charge on any atom is 0.460 e. The summed E-state index contributed by atoms with van der Waals surface area (Å²) in [4.78, 5) is 0. The Kier molecular flexibility index (Phi) is 23.2. The van der Waals surface area contributed by atoms with E-state index in [1.54, 1.807) is 31.1 Å². The van der Waals surface area contributed by atoms with E-state index in [1.807, 2.05) is 0 Å². The average Bonchev–Trinajstić information content (AvgIpc) is 2.93. The monoisotopic (exact) mass is 698 g/mol. The van der Waals surface area contributed by atoms with E-state index < -0.39 is 40.7 Å². The molecule has 0 fully saturated rings. The Balaban J connectivity index is 0. The molecule has 0 aliphatic rings. The molecule has 0 aliphatic heterocycles. The van der Waals surface area contributed by atoms with Crippen molar-refractivity contribution in [3.63, 3.8) is 0 Å². The van der Waals surface area contributed by atoms with Crippen molar-refractivity contribution in [3.8, 4) is 0 Å². The summed E-state index contributed by atoms with van der Waals surface area (Å²) in [6.45, 7) is 9.47. The largest absolute Gasteiger partial charge is 0.743 e. The Morgan fingerprint density at radius 1 is 0.455 bits per heavy atom. The number of hydrogen-bond donors (Lipinski definition) is 0. The van der Waals surface area contributed by atoms with Gasteiger partial charge >= 0.3 is 23.3 Å². The van der Waals surface area contributed by atoms with Gasteiger partial charge in [0.05, 0.1) is 24.6 Å². The van der Waals surface area contributed by atoms with Gasteiger partial charge in [-0.15, -0.1) is 0 Å². The van der Waals surface area contributed by atoms with Gasteiger partial charge in [-0.25, -0.2) is 8.42 Å². The van der Waals surface area contributed by atoms with Crippen molar-refractivity contribution in [2.24, 2.45) is 0 Å². The maximum absolute atomic E-state index is 12.2. The molecule has 0 amide bonds. The molecule has 0 heterocycles. The summed E-state index contributed by atoms with van der Waals surface area (Å²) >= 11 is 0. The van der Waals surface area contributed by atoms with E-state index in [0.29, 0.717) is 0 Å². The molecule has 0 bridgehead atoms. The molecule has 0 aromatic rings. The maximum atomic E-state index is 12.2. The lowest BCUT2D eigenvalue weighted by Crippen LogP contribution is -2.63. The molecule has 14 heteroatoms. The van der Waals surface area contributed by atoms with E-state index in [9.17, 15) is 52.5 Å². The van der Waals surface area contributed by atoms with Gasteiger partial charge in [0.1, 0.15) is 0 Å². The van der Waals surface area contributed by atoms with Gasteiger partial charge in [-0.1, -0.05) is 111 Å². The van der Waals surface area contributed by atoms with Gasteiger partial charge in [-0.05, 0) is 32.1 Å². The van der Waals surface area contributed by atoms with Crippen LogP contribution in [0.4, 0.5) is 39.5 Å². The van der Waals surface area contributed by atoms with Crippen LogP contribution in [0, 0.1) is 0 Å². The van der Waals surface area contributed by atoms with Crippen LogP contribution in [0.3, 0.4) is 0 Å². The average molecular weight is 699 g/mol. The zero-order valence-electron chi connectivity index (χ0n) is 27.0. The highest BCUT2D eigenvalue weighted by atomic mass is 32.2. The van der Waals surface area contributed by atoms with Crippen LogP contribution in [-0.2, 0) is 10.1 Å². The number of rotatable bonds is 25. The second kappa shape index (κ2) is 22.3. The molecule has 0 rings (SSSR count). The first-order chi connectivity index (χ1) is 20.2. The van der Waals surface area contributed by atoms with Crippen molar-refractivity contribution in [1.29, 1.82) is 0 Å². The van der Waals surface area contributed by atoms with E-state index >= 15 is 0 Å². The molecule has 0 atom stereocenters. The highest BCUT2D eigenvalue weighted by Gasteiger charge is 2.83. The molecular formula is C30H56F9O3PS. The molecule has 0 aromatic heterocycles. The summed E-state index contributed by atoms with van der Waals surface area (Å²) < 4.78 is 135. The summed E-state index contributed by atoms with van der Waals surface area (Å²) in [7, 11) is -8.04. The number of halogens is 9. The summed E-state index contributed by atoms with van der Waals surface area (Å²) in [5, 5.41) is -7.11. The molecule has 3 nitrogen and oxygen atoms in total. The molecule has 0 saturated heterocycles. The summed E-state index contributed by atoms with van der Waals surface area (Å²) in [6.07, 6.45) is 25.8. The highest BCUT2D eigenvalue weighted by Crippen LogP contribution is 2.61. The van der Waals surface area contributed by atoms with Gasteiger partial charge in [0, 0.05) is 7.26 Å². The third kappa shape index (κ3) is 16.0. The molecule has 0 aromatic carbocycles. The normalized spacial score (nSPS) is 13.6. The van der Waals surface area contributed by atoms with E-state index in [2.05, 4.69) is 27.7 Å². The molecule has 44 heavy (non-hydrogen) atoms. The molecule has 0 aliphatic carbocycles. The van der Waals surface area contributed by atoms with Crippen LogP contribution < -0.4 is 0 Å². The molecular weight excluding hydrogens is 642 g/mol. The molecule has 0 spiro atoms. The Labute approximate surface area is 261 Å². The number of hydrogen-bond acceptors (Lipinski definition) is 3. The number of unbranched alkanes of at least 4 members (excludes halogenated alkanes) is 14. The Bertz CT molecular complexity index is 801. The first kappa shape index (κ1) is 45.8. The lowest BCUT2D eigenvalue weighted by molar-refractivity contribution is -0.382. The Morgan fingerprint density at radius 2 is 0.727 bits per heavy atom. The fourth-order valence-electron chi connectivity index (χ4n) is 4.96. The van der Waals surface area contributed by atoms with Gasteiger partial charge in [0.2, 0.25) is 0 Å². The molecule has 0 N–H and O–H groups in total. The van der Waals surface area contributed by atoms with E-state index in [1.165, 1.54) is 109 Å². The van der Waals surface area contributed by atoms with E-state index in [-0.39, 0.29) is 0 Å². The third-order valence-corrected chi connectivity index (χ3v) is 13.8. The fraction of sp³-hybridized carbons (Fsp3) is 1.00. The molecule has 0 radical (unpaired) electrons. The van der Waals surface area contributed by atoms with Crippen LogP contribution >= 0.6 is 7.26 Å². The first-order valence-electron chi connectivity index (χ1n) is 16.2. The van der Waals surface area contributed by atoms with Gasteiger partial charge in [-0.2, -0.15) is 39.5 Å². The second-order valence-corrected chi connectivity index (χ2v) is 17.7. The predicted octanol–water partition coefficient (Wildman–Crippen LogP) is 12.1. The van der Waals surface area contributed by atoms with Crippen molar-refractivity contribution in [3.05, 3.63) is 0 Å².